The van der Waals surface area contributed by atoms with E-state index in [1.807, 2.05) is 0 Å². The zero-order valence-corrected chi connectivity index (χ0v) is 17.5. The smallest absolute Gasteiger partial charge is 0.286 e. The van der Waals surface area contributed by atoms with Crippen molar-refractivity contribution in [2.75, 3.05) is 25.0 Å². The first-order chi connectivity index (χ1) is 14.1. The van der Waals surface area contributed by atoms with Crippen LogP contribution in [0.2, 0.25) is 0 Å². The summed E-state index contributed by atoms with van der Waals surface area (Å²) in [5.41, 5.74) is 1.11. The van der Waals surface area contributed by atoms with Crippen LogP contribution in [0.4, 0.5) is 5.69 Å². The fourth-order valence-corrected chi connectivity index (χ4v) is 4.56. The molecule has 0 unspecified atom stereocenters. The number of piperidine rings is 1. The maximum atomic E-state index is 12.5. The molecular weight excluding hydrogens is 386 g/mol. The van der Waals surface area contributed by atoms with Gasteiger partial charge in [0, 0.05) is 36.3 Å². The summed E-state index contributed by atoms with van der Waals surface area (Å²) < 4.78 is 0. The predicted molar refractivity (Wildman–Crippen MR) is 113 cm³/mol. The van der Waals surface area contributed by atoms with E-state index in [4.69, 9.17) is 0 Å². The molecule has 2 amide bonds. The summed E-state index contributed by atoms with van der Waals surface area (Å²) in [5, 5.41) is 15.2. The minimum absolute atomic E-state index is 0.127. The second-order valence-electron chi connectivity index (χ2n) is 7.89. The highest BCUT2D eigenvalue weighted by Gasteiger charge is 2.28. The molecule has 8 heteroatoms. The van der Waals surface area contributed by atoms with E-state index in [1.165, 1.54) is 30.6 Å². The number of carbonyl (C=O) groups excluding carboxylic acids is 2. The first-order valence-corrected chi connectivity index (χ1v) is 11.2. The average molecular weight is 414 g/mol. The highest BCUT2D eigenvalue weighted by Crippen LogP contribution is 2.41. The standard InChI is InChI=1S/C21H27N5O2S/c1-14-5-2-3-11-26(14)12-10-22-18(27)16-6-4-7-17(13-16)23-19(28)21-25-24-20(29-21)15-8-9-15/h4,6-7,13-15H,2-3,5,8-12H2,1H3,(H,22,27)(H,23,28)/t14-/m1/s1. The van der Waals surface area contributed by atoms with Crippen molar-refractivity contribution in [2.45, 2.75) is 51.0 Å². The molecule has 7 nitrogen and oxygen atoms in total. The van der Waals surface area contributed by atoms with Gasteiger partial charge in [0.2, 0.25) is 5.01 Å². The number of amides is 2. The van der Waals surface area contributed by atoms with Gasteiger partial charge in [-0.2, -0.15) is 0 Å². The van der Waals surface area contributed by atoms with Crippen molar-refractivity contribution in [3.8, 4) is 0 Å². The minimum atomic E-state index is -0.286. The molecular formula is C21H27N5O2S. The Morgan fingerprint density at radius 2 is 2.03 bits per heavy atom. The van der Waals surface area contributed by atoms with E-state index in [9.17, 15) is 9.59 Å². The van der Waals surface area contributed by atoms with Crippen molar-refractivity contribution in [3.05, 3.63) is 39.8 Å². The summed E-state index contributed by atoms with van der Waals surface area (Å²) in [4.78, 5) is 27.3. The zero-order valence-electron chi connectivity index (χ0n) is 16.7. The number of nitrogens with one attached hydrogen (secondary N) is 2. The Labute approximate surface area is 174 Å². The summed E-state index contributed by atoms with van der Waals surface area (Å²) in [5.74, 6) is 0.0674. The Bertz CT molecular complexity index is 879. The predicted octanol–water partition coefficient (Wildman–Crippen LogP) is 3.27. The molecule has 1 aliphatic heterocycles. The van der Waals surface area contributed by atoms with Crippen LogP contribution in [0.15, 0.2) is 24.3 Å². The number of rotatable bonds is 7. The number of anilines is 1. The number of carbonyl (C=O) groups is 2. The molecule has 0 bridgehead atoms. The minimum Gasteiger partial charge on any atom is -0.351 e. The topological polar surface area (TPSA) is 87.2 Å². The molecule has 29 heavy (non-hydrogen) atoms. The zero-order chi connectivity index (χ0) is 20.2. The lowest BCUT2D eigenvalue weighted by atomic mass is 10.0. The van der Waals surface area contributed by atoms with Crippen LogP contribution in [0.25, 0.3) is 0 Å². The van der Waals surface area contributed by atoms with Gasteiger partial charge in [-0.15, -0.1) is 10.2 Å². The maximum absolute atomic E-state index is 12.5. The van der Waals surface area contributed by atoms with E-state index in [1.54, 1.807) is 24.3 Å². The van der Waals surface area contributed by atoms with Crippen LogP contribution in [0.5, 0.6) is 0 Å². The molecule has 4 rings (SSSR count). The average Bonchev–Trinajstić information content (AvgIpc) is 3.46. The number of benzene rings is 1. The Hall–Kier alpha value is -2.32. The van der Waals surface area contributed by atoms with Crippen molar-refractivity contribution >= 4 is 28.8 Å². The normalized spacial score (nSPS) is 19.7. The molecule has 1 saturated carbocycles. The van der Waals surface area contributed by atoms with Crippen LogP contribution in [-0.4, -0.2) is 52.6 Å². The van der Waals surface area contributed by atoms with Gasteiger partial charge >= 0.3 is 0 Å². The largest absolute Gasteiger partial charge is 0.351 e. The first kappa shape index (κ1) is 20.0. The highest BCUT2D eigenvalue weighted by atomic mass is 32.1. The number of aromatic nitrogens is 2. The third-order valence-electron chi connectivity index (χ3n) is 5.57. The summed E-state index contributed by atoms with van der Waals surface area (Å²) in [7, 11) is 0. The Morgan fingerprint density at radius 3 is 2.83 bits per heavy atom. The number of nitrogens with zero attached hydrogens (tertiary/aromatic N) is 3. The molecule has 2 N–H and O–H groups in total. The molecule has 154 valence electrons. The van der Waals surface area contributed by atoms with E-state index < -0.39 is 0 Å². The molecule has 2 fully saturated rings. The van der Waals surface area contributed by atoms with Crippen molar-refractivity contribution in [2.24, 2.45) is 0 Å². The Balaban J connectivity index is 1.30. The van der Waals surface area contributed by atoms with Gasteiger partial charge in [-0.05, 0) is 57.4 Å². The second kappa shape index (κ2) is 9.00. The van der Waals surface area contributed by atoms with Crippen molar-refractivity contribution in [1.82, 2.24) is 20.4 Å². The second-order valence-corrected chi connectivity index (χ2v) is 8.90. The van der Waals surface area contributed by atoms with Crippen LogP contribution in [0.3, 0.4) is 0 Å². The maximum Gasteiger partial charge on any atom is 0.286 e. The summed E-state index contributed by atoms with van der Waals surface area (Å²) in [6.45, 7) is 4.84. The van der Waals surface area contributed by atoms with Gasteiger partial charge in [-0.3, -0.25) is 14.5 Å². The van der Waals surface area contributed by atoms with E-state index in [2.05, 4.69) is 32.7 Å². The van der Waals surface area contributed by atoms with Gasteiger partial charge in [-0.25, -0.2) is 0 Å². The third-order valence-corrected chi connectivity index (χ3v) is 6.65. The fourth-order valence-electron chi connectivity index (χ4n) is 3.65. The van der Waals surface area contributed by atoms with Crippen LogP contribution in [-0.2, 0) is 0 Å². The van der Waals surface area contributed by atoms with E-state index in [0.29, 0.717) is 34.8 Å². The third kappa shape index (κ3) is 5.19. The van der Waals surface area contributed by atoms with E-state index in [-0.39, 0.29) is 11.8 Å². The van der Waals surface area contributed by atoms with Gasteiger partial charge in [0.1, 0.15) is 5.01 Å². The van der Waals surface area contributed by atoms with Crippen LogP contribution < -0.4 is 10.6 Å². The lowest BCUT2D eigenvalue weighted by Gasteiger charge is -2.33. The Kier molecular flexibility index (Phi) is 6.20. The quantitative estimate of drug-likeness (QED) is 0.727. The van der Waals surface area contributed by atoms with Gasteiger partial charge in [-0.1, -0.05) is 23.8 Å². The van der Waals surface area contributed by atoms with E-state index >= 15 is 0 Å². The molecule has 1 aliphatic carbocycles. The Morgan fingerprint density at radius 1 is 1.17 bits per heavy atom. The van der Waals surface area contributed by atoms with Gasteiger partial charge in [0.15, 0.2) is 0 Å². The van der Waals surface area contributed by atoms with Gasteiger partial charge < -0.3 is 10.6 Å². The summed E-state index contributed by atoms with van der Waals surface area (Å²) >= 11 is 1.35. The molecule has 1 saturated heterocycles. The molecule has 2 aromatic rings. The van der Waals surface area contributed by atoms with E-state index in [0.717, 1.165) is 30.9 Å². The lowest BCUT2D eigenvalue weighted by molar-refractivity contribution is 0.0937. The van der Waals surface area contributed by atoms with Crippen LogP contribution >= 0.6 is 11.3 Å². The SMILES string of the molecule is C[C@@H]1CCCCN1CCNC(=O)c1cccc(NC(=O)c2nnc(C3CC3)s2)c1. The van der Waals surface area contributed by atoms with Crippen molar-refractivity contribution in [3.63, 3.8) is 0 Å². The highest BCUT2D eigenvalue weighted by molar-refractivity contribution is 7.13. The van der Waals surface area contributed by atoms with Gasteiger partial charge in [0.25, 0.3) is 11.8 Å². The number of hydrogen-bond donors (Lipinski definition) is 2. The molecule has 1 aromatic carbocycles. The summed E-state index contributed by atoms with van der Waals surface area (Å²) in [6, 6.07) is 7.57. The molecule has 2 aliphatic rings. The first-order valence-electron chi connectivity index (χ1n) is 10.4. The van der Waals surface area contributed by atoms with Crippen molar-refractivity contribution in [1.29, 1.82) is 0 Å². The van der Waals surface area contributed by atoms with Crippen LogP contribution in [0, 0.1) is 0 Å². The molecule has 0 radical (unpaired) electrons. The lowest BCUT2D eigenvalue weighted by Crippen LogP contribution is -2.42. The monoisotopic (exact) mass is 413 g/mol. The molecule has 0 spiro atoms. The number of likely N-dealkylation sites (tertiary alicyclic amines) is 1. The summed E-state index contributed by atoms with van der Waals surface area (Å²) in [6.07, 6.45) is 6.01. The molecule has 2 heterocycles. The molecule has 1 aromatic heterocycles. The van der Waals surface area contributed by atoms with Crippen molar-refractivity contribution < 1.29 is 9.59 Å². The molecule has 1 atom stereocenters. The van der Waals surface area contributed by atoms with Crippen LogP contribution in [0.1, 0.15) is 70.1 Å². The van der Waals surface area contributed by atoms with Gasteiger partial charge in [0.05, 0.1) is 0 Å². The fraction of sp³-hybridized carbons (Fsp3) is 0.524. The number of hydrogen-bond acceptors (Lipinski definition) is 6.